The van der Waals surface area contributed by atoms with Crippen LogP contribution in [0.4, 0.5) is 11.4 Å². The second kappa shape index (κ2) is 11.2. The summed E-state index contributed by atoms with van der Waals surface area (Å²) in [5.41, 5.74) is 3.07. The predicted octanol–water partition coefficient (Wildman–Crippen LogP) is 5.03. The maximum Gasteiger partial charge on any atom is 0.255 e. The molecule has 3 N–H and O–H groups in total. The summed E-state index contributed by atoms with van der Waals surface area (Å²) in [5.74, 6) is -0.231. The monoisotopic (exact) mass is 397 g/mol. The van der Waals surface area contributed by atoms with Gasteiger partial charge in [0.1, 0.15) is 0 Å². The van der Waals surface area contributed by atoms with Gasteiger partial charge in [0, 0.05) is 23.4 Å². The molecule has 6 heteroatoms. The number of anilines is 2. The van der Waals surface area contributed by atoms with Crippen molar-refractivity contribution in [1.82, 2.24) is 5.32 Å². The van der Waals surface area contributed by atoms with Gasteiger partial charge in [0.15, 0.2) is 5.11 Å². The van der Waals surface area contributed by atoms with Gasteiger partial charge in [-0.1, -0.05) is 43.9 Å². The number of hydrogen-bond donors (Lipinski definition) is 3. The summed E-state index contributed by atoms with van der Waals surface area (Å²) >= 11 is 5.18. The molecule has 2 aromatic carbocycles. The standard InChI is InChI=1S/C22H27N3O2S/c1-3-4-5-6-10-20(26)25-22(28)24-19-13-11-18(12-14-19)23-21(27)17-9-7-8-16(2)15-17/h7-9,11-15H,3-6,10H2,1-2H3,(H,23,27)(H2,24,25,26,28). The van der Waals surface area contributed by atoms with E-state index in [9.17, 15) is 9.59 Å². The number of nitrogens with one attached hydrogen (secondary N) is 3. The molecule has 0 spiro atoms. The lowest BCUT2D eigenvalue weighted by Gasteiger charge is -2.11. The number of hydrogen-bond acceptors (Lipinski definition) is 3. The average molecular weight is 398 g/mol. The second-order valence-electron chi connectivity index (χ2n) is 6.71. The fourth-order valence-electron chi connectivity index (χ4n) is 2.69. The third kappa shape index (κ3) is 7.48. The molecule has 0 saturated heterocycles. The Bertz CT molecular complexity index is 819. The molecular formula is C22H27N3O2S. The number of aryl methyl sites for hydroxylation is 1. The molecule has 0 heterocycles. The number of unbranched alkanes of at least 4 members (excludes halogenated alkanes) is 3. The zero-order valence-corrected chi connectivity index (χ0v) is 17.2. The van der Waals surface area contributed by atoms with E-state index in [4.69, 9.17) is 12.2 Å². The normalized spacial score (nSPS) is 10.2. The van der Waals surface area contributed by atoms with Crippen molar-refractivity contribution in [2.24, 2.45) is 0 Å². The first-order valence-electron chi connectivity index (χ1n) is 9.57. The van der Waals surface area contributed by atoms with Crippen molar-refractivity contribution in [3.05, 3.63) is 59.7 Å². The highest BCUT2D eigenvalue weighted by Crippen LogP contribution is 2.15. The van der Waals surface area contributed by atoms with Gasteiger partial charge in [0.2, 0.25) is 5.91 Å². The molecule has 0 aliphatic heterocycles. The number of benzene rings is 2. The van der Waals surface area contributed by atoms with E-state index < -0.39 is 0 Å². The third-order valence-electron chi connectivity index (χ3n) is 4.19. The topological polar surface area (TPSA) is 70.2 Å². The lowest BCUT2D eigenvalue weighted by molar-refractivity contribution is -0.119. The van der Waals surface area contributed by atoms with Crippen LogP contribution in [0.15, 0.2) is 48.5 Å². The van der Waals surface area contributed by atoms with Crippen molar-refractivity contribution in [3.63, 3.8) is 0 Å². The van der Waals surface area contributed by atoms with E-state index in [1.165, 1.54) is 0 Å². The van der Waals surface area contributed by atoms with Crippen LogP contribution in [0.2, 0.25) is 0 Å². The Morgan fingerprint density at radius 2 is 1.61 bits per heavy atom. The van der Waals surface area contributed by atoms with Crippen LogP contribution in [0.25, 0.3) is 0 Å². The van der Waals surface area contributed by atoms with Crippen molar-refractivity contribution in [3.8, 4) is 0 Å². The van der Waals surface area contributed by atoms with Crippen molar-refractivity contribution in [2.75, 3.05) is 10.6 Å². The molecule has 28 heavy (non-hydrogen) atoms. The van der Waals surface area contributed by atoms with Crippen LogP contribution < -0.4 is 16.0 Å². The molecule has 2 rings (SSSR count). The summed E-state index contributed by atoms with van der Waals surface area (Å²) in [4.78, 5) is 24.1. The zero-order valence-electron chi connectivity index (χ0n) is 16.4. The summed E-state index contributed by atoms with van der Waals surface area (Å²) in [6, 6.07) is 14.6. The minimum absolute atomic E-state index is 0.0735. The Kier molecular flexibility index (Phi) is 8.62. The first-order valence-corrected chi connectivity index (χ1v) is 9.97. The fourth-order valence-corrected chi connectivity index (χ4v) is 2.92. The molecule has 0 aliphatic carbocycles. The molecule has 2 aromatic rings. The van der Waals surface area contributed by atoms with Crippen LogP contribution >= 0.6 is 12.2 Å². The van der Waals surface area contributed by atoms with Crippen LogP contribution in [-0.2, 0) is 4.79 Å². The van der Waals surface area contributed by atoms with E-state index in [2.05, 4.69) is 22.9 Å². The molecule has 5 nitrogen and oxygen atoms in total. The van der Waals surface area contributed by atoms with Gasteiger partial charge in [0.05, 0.1) is 0 Å². The van der Waals surface area contributed by atoms with E-state index in [0.717, 1.165) is 36.9 Å². The Hall–Kier alpha value is -2.73. The number of amides is 2. The molecule has 0 bridgehead atoms. The van der Waals surface area contributed by atoms with Gasteiger partial charge < -0.3 is 16.0 Å². The van der Waals surface area contributed by atoms with Gasteiger partial charge in [-0.25, -0.2) is 0 Å². The zero-order chi connectivity index (χ0) is 20.4. The summed E-state index contributed by atoms with van der Waals surface area (Å²) in [5, 5.41) is 8.81. The second-order valence-corrected chi connectivity index (χ2v) is 7.12. The van der Waals surface area contributed by atoms with Gasteiger partial charge in [-0.3, -0.25) is 9.59 Å². The van der Waals surface area contributed by atoms with E-state index in [0.29, 0.717) is 17.7 Å². The number of carbonyl (C=O) groups excluding carboxylic acids is 2. The van der Waals surface area contributed by atoms with Crippen molar-refractivity contribution < 1.29 is 9.59 Å². The smallest absolute Gasteiger partial charge is 0.255 e. The van der Waals surface area contributed by atoms with Crippen molar-refractivity contribution in [1.29, 1.82) is 0 Å². The van der Waals surface area contributed by atoms with Crippen LogP contribution in [0.3, 0.4) is 0 Å². The Morgan fingerprint density at radius 3 is 2.25 bits per heavy atom. The summed E-state index contributed by atoms with van der Waals surface area (Å²) in [6.45, 7) is 4.09. The summed E-state index contributed by atoms with van der Waals surface area (Å²) < 4.78 is 0. The fraction of sp³-hybridized carbons (Fsp3) is 0.318. The highest BCUT2D eigenvalue weighted by Gasteiger charge is 2.07. The molecule has 0 saturated carbocycles. The molecule has 0 unspecified atom stereocenters. The van der Waals surface area contributed by atoms with Gasteiger partial charge in [-0.15, -0.1) is 0 Å². The van der Waals surface area contributed by atoms with E-state index >= 15 is 0 Å². The number of rotatable bonds is 8. The Balaban J connectivity index is 1.81. The average Bonchev–Trinajstić information content (AvgIpc) is 2.66. The van der Waals surface area contributed by atoms with E-state index in [1.54, 1.807) is 30.3 Å². The molecule has 2 amide bonds. The van der Waals surface area contributed by atoms with E-state index in [-0.39, 0.29) is 16.9 Å². The minimum atomic E-state index is -0.157. The molecule has 0 aliphatic rings. The van der Waals surface area contributed by atoms with Crippen molar-refractivity contribution >= 4 is 40.5 Å². The first kappa shape index (κ1) is 21.6. The van der Waals surface area contributed by atoms with E-state index in [1.807, 2.05) is 25.1 Å². The molecular weight excluding hydrogens is 370 g/mol. The van der Waals surface area contributed by atoms with Crippen molar-refractivity contribution in [2.45, 2.75) is 46.0 Å². The van der Waals surface area contributed by atoms with Gasteiger partial charge in [-0.05, 0) is 62.0 Å². The lowest BCUT2D eigenvalue weighted by atomic mass is 10.1. The van der Waals surface area contributed by atoms with Crippen LogP contribution in [0, 0.1) is 6.92 Å². The SMILES string of the molecule is CCCCCCC(=O)NC(=S)Nc1ccc(NC(=O)c2cccc(C)c2)cc1. The minimum Gasteiger partial charge on any atom is -0.332 e. The van der Waals surface area contributed by atoms with Crippen LogP contribution in [0.1, 0.15) is 54.9 Å². The molecule has 0 aromatic heterocycles. The molecule has 0 radical (unpaired) electrons. The van der Waals surface area contributed by atoms with Gasteiger partial charge in [0.25, 0.3) is 5.91 Å². The molecule has 0 atom stereocenters. The third-order valence-corrected chi connectivity index (χ3v) is 4.40. The lowest BCUT2D eigenvalue weighted by Crippen LogP contribution is -2.33. The quantitative estimate of drug-likeness (QED) is 0.432. The number of carbonyl (C=O) groups is 2. The number of thiocarbonyl (C=S) groups is 1. The Morgan fingerprint density at radius 1 is 0.929 bits per heavy atom. The molecule has 0 fully saturated rings. The van der Waals surface area contributed by atoms with Gasteiger partial charge in [-0.2, -0.15) is 0 Å². The van der Waals surface area contributed by atoms with Crippen LogP contribution in [0.5, 0.6) is 0 Å². The maximum atomic E-state index is 12.3. The first-order chi connectivity index (χ1) is 13.5. The summed E-state index contributed by atoms with van der Waals surface area (Å²) in [7, 11) is 0. The predicted molar refractivity (Wildman–Crippen MR) is 119 cm³/mol. The van der Waals surface area contributed by atoms with Gasteiger partial charge >= 0.3 is 0 Å². The largest absolute Gasteiger partial charge is 0.332 e. The molecule has 148 valence electrons. The Labute approximate surface area is 171 Å². The highest BCUT2D eigenvalue weighted by molar-refractivity contribution is 7.80. The summed E-state index contributed by atoms with van der Waals surface area (Å²) in [6.07, 6.45) is 4.69. The highest BCUT2D eigenvalue weighted by atomic mass is 32.1. The maximum absolute atomic E-state index is 12.3. The van der Waals surface area contributed by atoms with Crippen LogP contribution in [-0.4, -0.2) is 16.9 Å².